The average molecular weight is 365 g/mol. The minimum atomic E-state index is 0.0604. The van der Waals surface area contributed by atoms with E-state index < -0.39 is 0 Å². The molecule has 4 N–H and O–H groups in total. The fourth-order valence-electron chi connectivity index (χ4n) is 1.73. The smallest absolute Gasteiger partial charge is 0.181 e. The van der Waals surface area contributed by atoms with Gasteiger partial charge in [-0.3, -0.25) is 0 Å². The Balaban J connectivity index is 1.97. The van der Waals surface area contributed by atoms with Gasteiger partial charge in [0.05, 0.1) is 6.33 Å². The second-order valence-corrected chi connectivity index (χ2v) is 5.90. The highest BCUT2D eigenvalue weighted by Crippen LogP contribution is 2.35. The Labute approximate surface area is 131 Å². The first-order valence-electron chi connectivity index (χ1n) is 5.78. The van der Waals surface area contributed by atoms with Crippen LogP contribution in [-0.2, 0) is 0 Å². The van der Waals surface area contributed by atoms with Gasteiger partial charge >= 0.3 is 0 Å². The summed E-state index contributed by atoms with van der Waals surface area (Å²) >= 11 is 4.94. The Hall–Kier alpha value is -2.13. The van der Waals surface area contributed by atoms with Crippen molar-refractivity contribution >= 4 is 44.7 Å². The van der Waals surface area contributed by atoms with Crippen LogP contribution >= 0.6 is 27.7 Å². The second-order valence-electron chi connectivity index (χ2n) is 4.01. The van der Waals surface area contributed by atoms with Gasteiger partial charge in [-0.1, -0.05) is 16.9 Å². The van der Waals surface area contributed by atoms with Crippen molar-refractivity contribution in [2.75, 3.05) is 0 Å². The molecule has 0 unspecified atom stereocenters. The Morgan fingerprint density at radius 2 is 2.19 bits per heavy atom. The van der Waals surface area contributed by atoms with Crippen LogP contribution in [0.3, 0.4) is 0 Å². The molecule has 0 amide bonds. The van der Waals surface area contributed by atoms with Crippen LogP contribution in [0.5, 0.6) is 0 Å². The molecule has 2 aromatic heterocycles. The first-order chi connectivity index (χ1) is 10.2. The van der Waals surface area contributed by atoms with Crippen LogP contribution in [0.15, 0.2) is 50.4 Å². The molecule has 0 radical (unpaired) electrons. The monoisotopic (exact) mass is 364 g/mol. The van der Waals surface area contributed by atoms with Crippen molar-refractivity contribution in [3.8, 4) is 0 Å². The van der Waals surface area contributed by atoms with Crippen molar-refractivity contribution < 1.29 is 5.21 Å². The van der Waals surface area contributed by atoms with Crippen LogP contribution in [0.4, 0.5) is 0 Å². The van der Waals surface area contributed by atoms with Gasteiger partial charge in [0, 0.05) is 14.9 Å². The van der Waals surface area contributed by atoms with Crippen molar-refractivity contribution in [3.63, 3.8) is 0 Å². The van der Waals surface area contributed by atoms with Crippen LogP contribution in [0.25, 0.3) is 11.2 Å². The molecule has 0 bridgehead atoms. The Kier molecular flexibility index (Phi) is 3.76. The van der Waals surface area contributed by atoms with Gasteiger partial charge in [0.25, 0.3) is 0 Å². The number of nitrogens with one attached hydrogen (secondary N) is 1. The van der Waals surface area contributed by atoms with Gasteiger partial charge in [-0.15, -0.1) is 0 Å². The molecule has 3 rings (SSSR count). The van der Waals surface area contributed by atoms with E-state index in [1.165, 1.54) is 18.1 Å². The highest BCUT2D eigenvalue weighted by atomic mass is 79.9. The number of nitrogens with zero attached hydrogens (tertiary/aromatic N) is 4. The minimum absolute atomic E-state index is 0.0604. The number of fused-ring (bicyclic) bond motifs is 1. The lowest BCUT2D eigenvalue weighted by molar-refractivity contribution is 0.318. The number of hydrogen-bond acceptors (Lipinski definition) is 6. The fourth-order valence-corrected chi connectivity index (χ4v) is 3.20. The maximum atomic E-state index is 8.69. The average Bonchev–Trinajstić information content (AvgIpc) is 2.98. The van der Waals surface area contributed by atoms with Crippen molar-refractivity contribution in [2.24, 2.45) is 10.9 Å². The number of nitrogens with two attached hydrogens (primary N) is 1. The lowest BCUT2D eigenvalue weighted by atomic mass is 10.2. The molecule has 0 aliphatic carbocycles. The third-order valence-electron chi connectivity index (χ3n) is 2.73. The summed E-state index contributed by atoms with van der Waals surface area (Å²) in [5.41, 5.74) is 7.60. The van der Waals surface area contributed by atoms with Crippen LogP contribution in [-0.4, -0.2) is 31.0 Å². The van der Waals surface area contributed by atoms with Crippen molar-refractivity contribution in [1.29, 1.82) is 0 Å². The summed E-state index contributed by atoms with van der Waals surface area (Å²) in [7, 11) is 0. The number of oxime groups is 1. The molecule has 0 saturated carbocycles. The lowest BCUT2D eigenvalue weighted by Crippen LogP contribution is -2.12. The topological polar surface area (TPSA) is 113 Å². The molecule has 2 heterocycles. The maximum absolute atomic E-state index is 8.69. The highest BCUT2D eigenvalue weighted by Gasteiger charge is 2.11. The Morgan fingerprint density at radius 1 is 1.33 bits per heavy atom. The summed E-state index contributed by atoms with van der Waals surface area (Å²) in [5.74, 6) is 0.0604. The van der Waals surface area contributed by atoms with E-state index in [4.69, 9.17) is 10.9 Å². The van der Waals surface area contributed by atoms with Gasteiger partial charge in [-0.2, -0.15) is 0 Å². The third kappa shape index (κ3) is 2.69. The largest absolute Gasteiger partial charge is 0.409 e. The molecule has 0 atom stereocenters. The van der Waals surface area contributed by atoms with Crippen molar-refractivity contribution in [3.05, 3.63) is 40.9 Å². The van der Waals surface area contributed by atoms with Gasteiger partial charge in [-0.05, 0) is 34.1 Å². The Morgan fingerprint density at radius 3 is 2.95 bits per heavy atom. The van der Waals surface area contributed by atoms with Gasteiger partial charge < -0.3 is 15.9 Å². The predicted molar refractivity (Wildman–Crippen MR) is 82.5 cm³/mol. The minimum Gasteiger partial charge on any atom is -0.409 e. The van der Waals surface area contributed by atoms with Gasteiger partial charge in [-0.25, -0.2) is 15.0 Å². The van der Waals surface area contributed by atoms with E-state index in [0.717, 1.165) is 19.9 Å². The Bertz CT molecular complexity index is 833. The molecule has 21 heavy (non-hydrogen) atoms. The molecule has 0 fully saturated rings. The molecule has 0 saturated heterocycles. The summed E-state index contributed by atoms with van der Waals surface area (Å²) in [4.78, 5) is 16.4. The molecular weight excluding hydrogens is 356 g/mol. The number of imidazole rings is 1. The maximum Gasteiger partial charge on any atom is 0.181 e. The molecule has 7 nitrogen and oxygen atoms in total. The van der Waals surface area contributed by atoms with Gasteiger partial charge in [0.1, 0.15) is 16.9 Å². The van der Waals surface area contributed by atoms with Crippen LogP contribution < -0.4 is 5.73 Å². The SMILES string of the molecule is N/C(=N/O)c1ccc(Sc2ncnc3nc[nH]c23)c(Br)c1. The standard InChI is InChI=1S/C12H9BrN6OS/c13-7-3-6(10(14)19-20)1-2-8(7)21-12-9-11(16-4-15-9)17-5-18-12/h1-5,20H,(H2,14,19)(H,15,16,17,18). The molecule has 9 heteroatoms. The summed E-state index contributed by atoms with van der Waals surface area (Å²) in [6, 6.07) is 5.42. The van der Waals surface area contributed by atoms with E-state index in [2.05, 4.69) is 41.0 Å². The van der Waals surface area contributed by atoms with E-state index in [1.807, 2.05) is 6.07 Å². The molecule has 106 valence electrons. The first-order valence-corrected chi connectivity index (χ1v) is 7.39. The number of rotatable bonds is 3. The number of hydrogen-bond donors (Lipinski definition) is 3. The van der Waals surface area contributed by atoms with Crippen molar-refractivity contribution in [1.82, 2.24) is 19.9 Å². The summed E-state index contributed by atoms with van der Waals surface area (Å²) in [5, 5.41) is 12.4. The number of aromatic nitrogens is 4. The first kappa shape index (κ1) is 13.8. The van der Waals surface area contributed by atoms with E-state index >= 15 is 0 Å². The van der Waals surface area contributed by atoms with Crippen LogP contribution in [0.1, 0.15) is 5.56 Å². The molecule has 0 aliphatic rings. The number of benzene rings is 1. The van der Waals surface area contributed by atoms with E-state index in [-0.39, 0.29) is 5.84 Å². The summed E-state index contributed by atoms with van der Waals surface area (Å²) in [6.45, 7) is 0. The normalized spacial score (nSPS) is 12.0. The van der Waals surface area contributed by atoms with E-state index in [1.54, 1.807) is 18.5 Å². The quantitative estimate of drug-likeness (QED) is 0.216. The molecule has 1 aromatic carbocycles. The molecule has 0 aliphatic heterocycles. The number of halogens is 1. The summed E-state index contributed by atoms with van der Waals surface area (Å²) < 4.78 is 0.822. The number of H-pyrrole nitrogens is 1. The van der Waals surface area contributed by atoms with Gasteiger partial charge in [0.2, 0.25) is 0 Å². The highest BCUT2D eigenvalue weighted by molar-refractivity contribution is 9.10. The van der Waals surface area contributed by atoms with Crippen LogP contribution in [0, 0.1) is 0 Å². The second kappa shape index (κ2) is 5.70. The fraction of sp³-hybridized carbons (Fsp3) is 0. The lowest BCUT2D eigenvalue weighted by Gasteiger charge is -2.06. The zero-order chi connectivity index (χ0) is 14.8. The van der Waals surface area contributed by atoms with Crippen molar-refractivity contribution in [2.45, 2.75) is 9.92 Å². The number of aromatic amines is 1. The number of amidine groups is 1. The van der Waals surface area contributed by atoms with Crippen LogP contribution in [0.2, 0.25) is 0 Å². The van der Waals surface area contributed by atoms with Gasteiger partial charge in [0.15, 0.2) is 11.5 Å². The van der Waals surface area contributed by atoms with E-state index in [9.17, 15) is 0 Å². The third-order valence-corrected chi connectivity index (χ3v) is 4.73. The summed E-state index contributed by atoms with van der Waals surface area (Å²) in [6.07, 6.45) is 3.06. The predicted octanol–water partition coefficient (Wildman–Crippen LogP) is 2.36. The zero-order valence-electron chi connectivity index (χ0n) is 10.5. The van der Waals surface area contributed by atoms with E-state index in [0.29, 0.717) is 11.2 Å². The molecule has 0 spiro atoms. The molecular formula is C12H9BrN6OS. The zero-order valence-corrected chi connectivity index (χ0v) is 12.9. The molecule has 3 aromatic rings.